The number of carbonyl (C=O) groups excluding carboxylic acids is 1. The van der Waals surface area contributed by atoms with Gasteiger partial charge >= 0.3 is 0 Å². The number of alkyl halides is 1. The smallest absolute Gasteiger partial charge is 0.134 e. The highest BCUT2D eigenvalue weighted by Gasteiger charge is 2.17. The van der Waals surface area contributed by atoms with Crippen LogP contribution in [0.2, 0.25) is 0 Å². The molecule has 82 valence electrons. The number of aldehydes is 1. The molecule has 0 aliphatic carbocycles. The van der Waals surface area contributed by atoms with Crippen LogP contribution < -0.4 is 0 Å². The van der Waals surface area contributed by atoms with Crippen LogP contribution in [0.15, 0.2) is 24.3 Å². The highest BCUT2D eigenvalue weighted by molar-refractivity contribution is 5.54. The van der Waals surface area contributed by atoms with Crippen molar-refractivity contribution in [2.75, 3.05) is 0 Å². The van der Waals surface area contributed by atoms with Gasteiger partial charge in [0, 0.05) is 5.92 Å². The average Bonchev–Trinajstić information content (AvgIpc) is 2.27. The summed E-state index contributed by atoms with van der Waals surface area (Å²) < 4.78 is 13.6. The summed E-state index contributed by atoms with van der Waals surface area (Å²) >= 11 is 0. The van der Waals surface area contributed by atoms with E-state index in [0.717, 1.165) is 0 Å². The maximum Gasteiger partial charge on any atom is 0.134 e. The van der Waals surface area contributed by atoms with Crippen LogP contribution in [0.5, 0.6) is 0 Å². The molecular weight excluding hydrogens is 191 g/mol. The molecule has 1 aromatic rings. The van der Waals surface area contributed by atoms with Crippen molar-refractivity contribution in [2.24, 2.45) is 5.92 Å². The minimum Gasteiger partial charge on any atom is -0.303 e. The van der Waals surface area contributed by atoms with Gasteiger partial charge in [-0.3, -0.25) is 0 Å². The van der Waals surface area contributed by atoms with Gasteiger partial charge < -0.3 is 4.79 Å². The van der Waals surface area contributed by atoms with Crippen LogP contribution in [0.3, 0.4) is 0 Å². The second kappa shape index (κ2) is 5.06. The molecule has 0 radical (unpaired) electrons. The van der Waals surface area contributed by atoms with Crippen LogP contribution in [0, 0.1) is 5.92 Å². The highest BCUT2D eigenvalue weighted by Crippen LogP contribution is 2.26. The summed E-state index contributed by atoms with van der Waals surface area (Å²) in [5.41, 5.74) is 1.77. The highest BCUT2D eigenvalue weighted by atomic mass is 19.1. The molecule has 1 rings (SSSR count). The Hall–Kier alpha value is -1.18. The van der Waals surface area contributed by atoms with Gasteiger partial charge in [0.1, 0.15) is 12.5 Å². The first-order chi connectivity index (χ1) is 7.06. The van der Waals surface area contributed by atoms with E-state index in [1.807, 2.05) is 12.1 Å². The molecule has 0 amide bonds. The van der Waals surface area contributed by atoms with Crippen LogP contribution >= 0.6 is 0 Å². The number of rotatable bonds is 4. The molecule has 0 aromatic heterocycles. The van der Waals surface area contributed by atoms with Crippen LogP contribution in [0.25, 0.3) is 0 Å². The predicted molar refractivity (Wildman–Crippen MR) is 59.6 cm³/mol. The lowest BCUT2D eigenvalue weighted by atomic mass is 9.96. The summed E-state index contributed by atoms with van der Waals surface area (Å²) in [6.45, 7) is 5.78. The minimum atomic E-state index is -1.19. The molecule has 2 heteroatoms. The summed E-state index contributed by atoms with van der Waals surface area (Å²) in [5, 5.41) is 0. The molecular formula is C13H17FO. The van der Waals surface area contributed by atoms with Gasteiger partial charge in [-0.1, -0.05) is 45.0 Å². The molecule has 0 fully saturated rings. The molecule has 2 atom stereocenters. The molecule has 0 saturated heterocycles. The monoisotopic (exact) mass is 208 g/mol. The Morgan fingerprint density at radius 3 is 1.93 bits per heavy atom. The summed E-state index contributed by atoms with van der Waals surface area (Å²) in [4.78, 5) is 10.5. The molecule has 0 bridgehead atoms. The SMILES string of the molecule is CC(C)c1ccc(C(F)C(C)C=O)cc1. The van der Waals surface area contributed by atoms with Crippen LogP contribution in [-0.4, -0.2) is 6.29 Å². The fourth-order valence-electron chi connectivity index (χ4n) is 1.44. The number of hydrogen-bond acceptors (Lipinski definition) is 1. The van der Waals surface area contributed by atoms with Gasteiger partial charge in [0.2, 0.25) is 0 Å². The van der Waals surface area contributed by atoms with Gasteiger partial charge in [-0.25, -0.2) is 4.39 Å². The number of halogens is 1. The first-order valence-corrected chi connectivity index (χ1v) is 5.25. The third-order valence-corrected chi connectivity index (χ3v) is 2.60. The normalized spacial score (nSPS) is 15.0. The van der Waals surface area contributed by atoms with E-state index in [2.05, 4.69) is 13.8 Å². The van der Waals surface area contributed by atoms with Gasteiger partial charge in [-0.05, 0) is 17.0 Å². The van der Waals surface area contributed by atoms with Crippen molar-refractivity contribution in [2.45, 2.75) is 32.9 Å². The topological polar surface area (TPSA) is 17.1 Å². The third kappa shape index (κ3) is 2.88. The largest absolute Gasteiger partial charge is 0.303 e. The molecule has 0 N–H and O–H groups in total. The van der Waals surface area contributed by atoms with Gasteiger partial charge in [-0.2, -0.15) is 0 Å². The zero-order chi connectivity index (χ0) is 11.4. The van der Waals surface area contributed by atoms with Gasteiger partial charge in [0.25, 0.3) is 0 Å². The van der Waals surface area contributed by atoms with E-state index in [-0.39, 0.29) is 0 Å². The van der Waals surface area contributed by atoms with Gasteiger partial charge in [-0.15, -0.1) is 0 Å². The Morgan fingerprint density at radius 2 is 1.53 bits per heavy atom. The van der Waals surface area contributed by atoms with Crippen molar-refractivity contribution in [3.63, 3.8) is 0 Å². The zero-order valence-electron chi connectivity index (χ0n) is 9.41. The van der Waals surface area contributed by atoms with Crippen LogP contribution in [0.4, 0.5) is 4.39 Å². The Bertz CT molecular complexity index is 316. The van der Waals surface area contributed by atoms with E-state index in [9.17, 15) is 9.18 Å². The maximum absolute atomic E-state index is 13.6. The zero-order valence-corrected chi connectivity index (χ0v) is 9.41. The fourth-order valence-corrected chi connectivity index (χ4v) is 1.44. The summed E-state index contributed by atoms with van der Waals surface area (Å²) in [6, 6.07) is 7.37. The molecule has 0 heterocycles. The lowest BCUT2D eigenvalue weighted by Crippen LogP contribution is -2.06. The van der Waals surface area contributed by atoms with Crippen LogP contribution in [0.1, 0.15) is 44.0 Å². The first-order valence-electron chi connectivity index (χ1n) is 5.25. The van der Waals surface area contributed by atoms with Crippen molar-refractivity contribution in [1.82, 2.24) is 0 Å². The van der Waals surface area contributed by atoms with E-state index in [4.69, 9.17) is 0 Å². The maximum atomic E-state index is 13.6. The molecule has 0 aliphatic rings. The van der Waals surface area contributed by atoms with E-state index in [1.54, 1.807) is 19.1 Å². The Morgan fingerprint density at radius 1 is 1.07 bits per heavy atom. The molecule has 15 heavy (non-hydrogen) atoms. The van der Waals surface area contributed by atoms with Crippen LogP contribution in [-0.2, 0) is 4.79 Å². The Labute approximate surface area is 90.3 Å². The quantitative estimate of drug-likeness (QED) is 0.690. The van der Waals surface area contributed by atoms with E-state index in [0.29, 0.717) is 17.8 Å². The van der Waals surface area contributed by atoms with Crippen molar-refractivity contribution in [3.8, 4) is 0 Å². The molecule has 1 aromatic carbocycles. The van der Waals surface area contributed by atoms with Crippen molar-refractivity contribution in [1.29, 1.82) is 0 Å². The Kier molecular flexibility index (Phi) is 4.01. The van der Waals surface area contributed by atoms with Gasteiger partial charge in [0.05, 0.1) is 0 Å². The number of hydrogen-bond donors (Lipinski definition) is 0. The lowest BCUT2D eigenvalue weighted by Gasteiger charge is -2.12. The fraction of sp³-hybridized carbons (Fsp3) is 0.462. The Balaban J connectivity index is 2.84. The third-order valence-electron chi connectivity index (χ3n) is 2.60. The number of carbonyl (C=O) groups is 1. The van der Waals surface area contributed by atoms with Gasteiger partial charge in [0.15, 0.2) is 0 Å². The predicted octanol–water partition coefficient (Wildman–Crippen LogP) is 3.66. The second-order valence-electron chi connectivity index (χ2n) is 4.22. The molecule has 2 unspecified atom stereocenters. The molecule has 1 nitrogen and oxygen atoms in total. The van der Waals surface area contributed by atoms with E-state index < -0.39 is 12.1 Å². The summed E-state index contributed by atoms with van der Waals surface area (Å²) in [7, 11) is 0. The van der Waals surface area contributed by atoms with Crippen molar-refractivity contribution in [3.05, 3.63) is 35.4 Å². The molecule has 0 saturated carbocycles. The minimum absolute atomic E-state index is 0.445. The standard InChI is InChI=1S/C13H17FO/c1-9(2)11-4-6-12(7-5-11)13(14)10(3)8-15/h4-10,13H,1-3H3. The second-order valence-corrected chi connectivity index (χ2v) is 4.22. The van der Waals surface area contributed by atoms with E-state index in [1.165, 1.54) is 5.56 Å². The number of benzene rings is 1. The summed E-state index contributed by atoms with van der Waals surface area (Å²) in [5.74, 6) is -0.129. The van der Waals surface area contributed by atoms with Crippen molar-refractivity contribution < 1.29 is 9.18 Å². The molecule has 0 spiro atoms. The van der Waals surface area contributed by atoms with Crippen molar-refractivity contribution >= 4 is 6.29 Å². The average molecular weight is 208 g/mol. The summed E-state index contributed by atoms with van der Waals surface area (Å²) in [6.07, 6.45) is -0.537. The first kappa shape index (κ1) is 11.9. The molecule has 0 aliphatic heterocycles. The van der Waals surface area contributed by atoms with E-state index >= 15 is 0 Å². The lowest BCUT2D eigenvalue weighted by molar-refractivity contribution is -0.112.